The fraction of sp³-hybridized carbons (Fsp3) is 0.429. The number of fused-ring (bicyclic) bond motifs is 1. The maximum atomic E-state index is 11.9. The van der Waals surface area contributed by atoms with E-state index in [4.69, 9.17) is 0 Å². The number of anilines is 1. The molecule has 1 aromatic carbocycles. The second-order valence-electron chi connectivity index (χ2n) is 4.36. The second kappa shape index (κ2) is 5.67. The summed E-state index contributed by atoms with van der Waals surface area (Å²) in [4.78, 5) is 25.2. The quantitative estimate of drug-likeness (QED) is 0.767. The molecule has 1 aliphatic rings. The maximum absolute atomic E-state index is 11.9. The maximum Gasteiger partial charge on any atom is 0.307 e. The summed E-state index contributed by atoms with van der Waals surface area (Å²) in [5, 5.41) is 0. The van der Waals surface area contributed by atoms with E-state index >= 15 is 0 Å². The van der Waals surface area contributed by atoms with Crippen molar-refractivity contribution in [3.8, 4) is 0 Å². The molecule has 0 radical (unpaired) electrons. The van der Waals surface area contributed by atoms with Crippen molar-refractivity contribution in [2.75, 3.05) is 25.1 Å². The van der Waals surface area contributed by atoms with Gasteiger partial charge in [0.05, 0.1) is 13.5 Å². The standard InChI is InChI=1S/C14H17NO3/c1-18-14(17)8-10-15-9-4-7-13(16)11-5-2-3-6-12(11)15/h2-3,5-6H,4,7-10H2,1H3. The van der Waals surface area contributed by atoms with Gasteiger partial charge in [-0.15, -0.1) is 0 Å². The molecule has 0 amide bonds. The van der Waals surface area contributed by atoms with Gasteiger partial charge in [-0.05, 0) is 18.6 Å². The molecule has 1 aromatic rings. The molecule has 1 heterocycles. The van der Waals surface area contributed by atoms with Crippen LogP contribution in [0.2, 0.25) is 0 Å². The first kappa shape index (κ1) is 12.6. The number of carbonyl (C=O) groups is 2. The molecule has 0 atom stereocenters. The number of carbonyl (C=O) groups excluding carboxylic acids is 2. The van der Waals surface area contributed by atoms with Crippen molar-refractivity contribution in [1.29, 1.82) is 0 Å². The van der Waals surface area contributed by atoms with Crippen LogP contribution in [0.1, 0.15) is 29.6 Å². The average Bonchev–Trinajstić information content (AvgIpc) is 2.56. The Morgan fingerprint density at radius 1 is 1.39 bits per heavy atom. The second-order valence-corrected chi connectivity index (χ2v) is 4.36. The molecule has 0 bridgehead atoms. The van der Waals surface area contributed by atoms with Gasteiger partial charge in [0.2, 0.25) is 0 Å². The molecule has 1 aliphatic heterocycles. The number of hydrogen-bond acceptors (Lipinski definition) is 4. The average molecular weight is 247 g/mol. The molecule has 0 aromatic heterocycles. The first-order chi connectivity index (χ1) is 8.72. The van der Waals surface area contributed by atoms with Crippen molar-refractivity contribution >= 4 is 17.4 Å². The topological polar surface area (TPSA) is 46.6 Å². The first-order valence-corrected chi connectivity index (χ1v) is 6.16. The number of para-hydroxylation sites is 1. The van der Waals surface area contributed by atoms with E-state index < -0.39 is 0 Å². The van der Waals surface area contributed by atoms with Crippen LogP contribution in [0, 0.1) is 0 Å². The summed E-state index contributed by atoms with van der Waals surface area (Å²) in [6.45, 7) is 1.40. The SMILES string of the molecule is COC(=O)CCN1CCCC(=O)c2ccccc21. The van der Waals surface area contributed by atoms with E-state index in [0.29, 0.717) is 19.4 Å². The Balaban J connectivity index is 2.18. The van der Waals surface area contributed by atoms with Crippen LogP contribution in [0.25, 0.3) is 0 Å². The van der Waals surface area contributed by atoms with Gasteiger partial charge in [-0.3, -0.25) is 9.59 Å². The third kappa shape index (κ3) is 2.70. The van der Waals surface area contributed by atoms with Gasteiger partial charge in [0, 0.05) is 30.8 Å². The number of rotatable bonds is 3. The molecule has 0 aliphatic carbocycles. The highest BCUT2D eigenvalue weighted by atomic mass is 16.5. The lowest BCUT2D eigenvalue weighted by Gasteiger charge is -2.23. The fourth-order valence-electron chi connectivity index (χ4n) is 2.23. The van der Waals surface area contributed by atoms with Crippen molar-refractivity contribution in [1.82, 2.24) is 0 Å². The minimum atomic E-state index is -0.219. The monoisotopic (exact) mass is 247 g/mol. The Hall–Kier alpha value is -1.84. The van der Waals surface area contributed by atoms with E-state index in [0.717, 1.165) is 24.2 Å². The number of esters is 1. The lowest BCUT2D eigenvalue weighted by Crippen LogP contribution is -2.27. The molecule has 0 saturated carbocycles. The van der Waals surface area contributed by atoms with E-state index in [1.165, 1.54) is 7.11 Å². The summed E-state index contributed by atoms with van der Waals surface area (Å²) in [5.74, 6) is -0.0331. The number of benzene rings is 1. The molecule has 2 rings (SSSR count). The molecule has 4 heteroatoms. The van der Waals surface area contributed by atoms with Crippen molar-refractivity contribution in [3.63, 3.8) is 0 Å². The predicted molar refractivity (Wildman–Crippen MR) is 68.9 cm³/mol. The third-order valence-corrected chi connectivity index (χ3v) is 3.19. The van der Waals surface area contributed by atoms with Gasteiger partial charge in [0.1, 0.15) is 0 Å². The van der Waals surface area contributed by atoms with Crippen molar-refractivity contribution in [2.45, 2.75) is 19.3 Å². The number of hydrogen-bond donors (Lipinski definition) is 0. The van der Waals surface area contributed by atoms with Crippen LogP contribution < -0.4 is 4.90 Å². The summed E-state index contributed by atoms with van der Waals surface area (Å²) in [7, 11) is 1.39. The molecular weight excluding hydrogens is 230 g/mol. The van der Waals surface area contributed by atoms with Gasteiger partial charge in [-0.25, -0.2) is 0 Å². The number of ether oxygens (including phenoxy) is 1. The lowest BCUT2D eigenvalue weighted by atomic mass is 10.1. The van der Waals surface area contributed by atoms with Crippen LogP contribution in [-0.2, 0) is 9.53 Å². The molecule has 0 spiro atoms. The summed E-state index contributed by atoms with van der Waals surface area (Å²) in [6, 6.07) is 7.59. The van der Waals surface area contributed by atoms with Crippen LogP contribution in [0.3, 0.4) is 0 Å². The van der Waals surface area contributed by atoms with Crippen LogP contribution in [0.15, 0.2) is 24.3 Å². The molecular formula is C14H17NO3. The molecule has 0 unspecified atom stereocenters. The van der Waals surface area contributed by atoms with Gasteiger partial charge in [-0.1, -0.05) is 12.1 Å². The Bertz CT molecular complexity index is 456. The highest BCUT2D eigenvalue weighted by Gasteiger charge is 2.20. The number of Topliss-reactive ketones (excluding diaryl/α,β-unsaturated/α-hetero) is 1. The number of ketones is 1. The minimum Gasteiger partial charge on any atom is -0.469 e. The Morgan fingerprint density at radius 3 is 2.94 bits per heavy atom. The number of methoxy groups -OCH3 is 1. The highest BCUT2D eigenvalue weighted by Crippen LogP contribution is 2.26. The van der Waals surface area contributed by atoms with Gasteiger partial charge >= 0.3 is 5.97 Å². The first-order valence-electron chi connectivity index (χ1n) is 6.16. The van der Waals surface area contributed by atoms with Gasteiger partial charge in [0.15, 0.2) is 5.78 Å². The van der Waals surface area contributed by atoms with Gasteiger partial charge in [-0.2, -0.15) is 0 Å². The zero-order valence-electron chi connectivity index (χ0n) is 10.5. The van der Waals surface area contributed by atoms with Crippen LogP contribution in [0.4, 0.5) is 5.69 Å². The molecule has 96 valence electrons. The highest BCUT2D eigenvalue weighted by molar-refractivity contribution is 6.02. The zero-order valence-corrected chi connectivity index (χ0v) is 10.5. The van der Waals surface area contributed by atoms with Crippen LogP contribution in [0.5, 0.6) is 0 Å². The molecule has 0 fully saturated rings. The van der Waals surface area contributed by atoms with Gasteiger partial charge < -0.3 is 9.64 Å². The van der Waals surface area contributed by atoms with E-state index in [1.807, 2.05) is 24.3 Å². The Kier molecular flexibility index (Phi) is 3.97. The summed E-state index contributed by atoms with van der Waals surface area (Å²) in [5.41, 5.74) is 1.70. The largest absolute Gasteiger partial charge is 0.469 e. The summed E-state index contributed by atoms with van der Waals surface area (Å²) < 4.78 is 4.65. The van der Waals surface area contributed by atoms with Crippen molar-refractivity contribution in [3.05, 3.63) is 29.8 Å². The Labute approximate surface area is 107 Å². The summed E-state index contributed by atoms with van der Waals surface area (Å²) >= 11 is 0. The van der Waals surface area contributed by atoms with E-state index in [-0.39, 0.29) is 11.8 Å². The minimum absolute atomic E-state index is 0.186. The normalized spacial score (nSPS) is 14.9. The van der Waals surface area contributed by atoms with Crippen molar-refractivity contribution < 1.29 is 14.3 Å². The fourth-order valence-corrected chi connectivity index (χ4v) is 2.23. The lowest BCUT2D eigenvalue weighted by molar-refractivity contribution is -0.140. The molecule has 18 heavy (non-hydrogen) atoms. The molecule has 4 nitrogen and oxygen atoms in total. The summed E-state index contributed by atoms with van der Waals surface area (Å²) in [6.07, 6.45) is 1.75. The Morgan fingerprint density at radius 2 is 2.17 bits per heavy atom. The van der Waals surface area contributed by atoms with E-state index in [2.05, 4.69) is 9.64 Å². The van der Waals surface area contributed by atoms with Gasteiger partial charge in [0.25, 0.3) is 0 Å². The van der Waals surface area contributed by atoms with Crippen LogP contribution >= 0.6 is 0 Å². The van der Waals surface area contributed by atoms with Crippen molar-refractivity contribution in [2.24, 2.45) is 0 Å². The van der Waals surface area contributed by atoms with E-state index in [1.54, 1.807) is 0 Å². The third-order valence-electron chi connectivity index (χ3n) is 3.19. The zero-order chi connectivity index (χ0) is 13.0. The molecule has 0 N–H and O–H groups in total. The van der Waals surface area contributed by atoms with Crippen LogP contribution in [-0.4, -0.2) is 32.0 Å². The smallest absolute Gasteiger partial charge is 0.307 e. The predicted octanol–water partition coefficient (Wildman–Crippen LogP) is 2.03. The molecule has 0 saturated heterocycles. The number of nitrogens with zero attached hydrogens (tertiary/aromatic N) is 1. The van der Waals surface area contributed by atoms with E-state index in [9.17, 15) is 9.59 Å².